The number of hydrogen-bond donors (Lipinski definition) is 2. The van der Waals surface area contributed by atoms with Crippen LogP contribution >= 0.6 is 0 Å². The molecule has 0 bridgehead atoms. The van der Waals surface area contributed by atoms with Gasteiger partial charge in [-0.2, -0.15) is 0 Å². The van der Waals surface area contributed by atoms with E-state index in [0.717, 1.165) is 0 Å². The quantitative estimate of drug-likeness (QED) is 0.193. The van der Waals surface area contributed by atoms with Gasteiger partial charge in [0.2, 0.25) is 5.82 Å². The Bertz CT molecular complexity index is 278. The Balaban J connectivity index is 2.99. The van der Waals surface area contributed by atoms with Gasteiger partial charge in [-0.25, -0.2) is 4.98 Å². The van der Waals surface area contributed by atoms with Crippen molar-refractivity contribution in [3.8, 4) is 0 Å². The first-order chi connectivity index (χ1) is 5.25. The Labute approximate surface area is 60.5 Å². The highest BCUT2D eigenvalue weighted by molar-refractivity contribution is 5.87. The van der Waals surface area contributed by atoms with E-state index in [1.54, 1.807) is 0 Å². The fraction of sp³-hybridized carbons (Fsp3) is 0. The van der Waals surface area contributed by atoms with E-state index in [1.807, 2.05) is 0 Å². The molecule has 0 amide bonds. The van der Waals surface area contributed by atoms with Crippen LogP contribution in [0.25, 0.3) is 0 Å². The number of aromatic amines is 1. The lowest BCUT2D eigenvalue weighted by Gasteiger charge is -1.89. The molecular weight excluding hydrogens is 152 g/mol. The Hall–Kier alpha value is -1.92. The van der Waals surface area contributed by atoms with Crippen LogP contribution in [-0.4, -0.2) is 25.9 Å². The van der Waals surface area contributed by atoms with Gasteiger partial charge in [0.15, 0.2) is 5.16 Å². The predicted octanol–water partition coefficient (Wildman–Crippen LogP) is -0.178. The standard InChI is InChI=1S/C4H4N4O3/c9-7-4(8(10)11)3-5-1-2-6-3/h1-2,9H,(H,5,6). The van der Waals surface area contributed by atoms with Gasteiger partial charge in [0.1, 0.15) is 0 Å². The molecule has 0 unspecified atom stereocenters. The van der Waals surface area contributed by atoms with Gasteiger partial charge in [-0.3, -0.25) is 0 Å². The maximum Gasteiger partial charge on any atom is 0.452 e. The van der Waals surface area contributed by atoms with Gasteiger partial charge < -0.3 is 20.3 Å². The van der Waals surface area contributed by atoms with Crippen LogP contribution in [0.1, 0.15) is 5.82 Å². The summed E-state index contributed by atoms with van der Waals surface area (Å²) in [6, 6.07) is 0. The minimum absolute atomic E-state index is 0.0718. The SMILES string of the molecule is O=[N+]([O-])C(=NO)c1ncc[nH]1. The summed E-state index contributed by atoms with van der Waals surface area (Å²) >= 11 is 0. The molecule has 11 heavy (non-hydrogen) atoms. The monoisotopic (exact) mass is 156 g/mol. The minimum Gasteiger partial charge on any atom is -0.358 e. The van der Waals surface area contributed by atoms with E-state index in [2.05, 4.69) is 15.1 Å². The molecule has 1 rings (SSSR count). The van der Waals surface area contributed by atoms with Gasteiger partial charge in [0.25, 0.3) is 0 Å². The van der Waals surface area contributed by atoms with Crippen LogP contribution in [0.5, 0.6) is 0 Å². The smallest absolute Gasteiger partial charge is 0.358 e. The number of nitrogens with one attached hydrogen (secondary N) is 1. The number of nitro groups is 1. The van der Waals surface area contributed by atoms with Gasteiger partial charge in [-0.15, -0.1) is 0 Å². The molecule has 58 valence electrons. The molecule has 0 saturated heterocycles. The zero-order valence-electron chi connectivity index (χ0n) is 5.26. The van der Waals surface area contributed by atoms with E-state index in [4.69, 9.17) is 5.21 Å². The molecule has 0 saturated carbocycles. The van der Waals surface area contributed by atoms with Crippen molar-refractivity contribution in [2.24, 2.45) is 5.16 Å². The van der Waals surface area contributed by atoms with Crippen LogP contribution < -0.4 is 0 Å². The number of imidazole rings is 1. The second-order valence-electron chi connectivity index (χ2n) is 1.62. The molecule has 0 aliphatic carbocycles. The summed E-state index contributed by atoms with van der Waals surface area (Å²) in [5.41, 5.74) is 0. The molecule has 0 aromatic carbocycles. The number of amidine groups is 1. The van der Waals surface area contributed by atoms with E-state index in [1.165, 1.54) is 12.4 Å². The number of hydrogen-bond acceptors (Lipinski definition) is 5. The van der Waals surface area contributed by atoms with Crippen LogP contribution in [-0.2, 0) is 0 Å². The topological polar surface area (TPSA) is 104 Å². The second-order valence-corrected chi connectivity index (χ2v) is 1.62. The van der Waals surface area contributed by atoms with E-state index in [0.29, 0.717) is 0 Å². The summed E-state index contributed by atoms with van der Waals surface area (Å²) in [5.74, 6) is -0.771. The summed E-state index contributed by atoms with van der Waals surface area (Å²) in [7, 11) is 0. The zero-order chi connectivity index (χ0) is 8.27. The highest BCUT2D eigenvalue weighted by Gasteiger charge is 2.18. The van der Waals surface area contributed by atoms with Crippen molar-refractivity contribution >= 4 is 5.84 Å². The Morgan fingerprint density at radius 1 is 1.91 bits per heavy atom. The second kappa shape index (κ2) is 2.78. The number of oxime groups is 1. The lowest BCUT2D eigenvalue weighted by Crippen LogP contribution is -2.14. The van der Waals surface area contributed by atoms with Crippen molar-refractivity contribution < 1.29 is 10.1 Å². The molecule has 2 N–H and O–H groups in total. The number of nitrogens with zero attached hydrogens (tertiary/aromatic N) is 3. The molecule has 0 aliphatic rings. The summed E-state index contributed by atoms with van der Waals surface area (Å²) in [4.78, 5) is 15.2. The molecule has 7 heteroatoms. The minimum atomic E-state index is -0.834. The van der Waals surface area contributed by atoms with Crippen LogP contribution in [0.3, 0.4) is 0 Å². The van der Waals surface area contributed by atoms with Crippen molar-refractivity contribution in [2.75, 3.05) is 0 Å². The molecule has 0 spiro atoms. The van der Waals surface area contributed by atoms with Crippen molar-refractivity contribution in [1.29, 1.82) is 0 Å². The molecule has 0 fully saturated rings. The van der Waals surface area contributed by atoms with Crippen LogP contribution in [0, 0.1) is 10.1 Å². The molecule has 1 heterocycles. The zero-order valence-corrected chi connectivity index (χ0v) is 5.26. The summed E-state index contributed by atoms with van der Waals surface area (Å²) in [5, 5.41) is 20.7. The first kappa shape index (κ1) is 7.19. The van der Waals surface area contributed by atoms with Crippen LogP contribution in [0.2, 0.25) is 0 Å². The lowest BCUT2D eigenvalue weighted by atomic mass is 10.6. The van der Waals surface area contributed by atoms with E-state index < -0.39 is 10.8 Å². The third-order valence-electron chi connectivity index (χ3n) is 0.978. The van der Waals surface area contributed by atoms with Gasteiger partial charge in [0, 0.05) is 12.4 Å². The highest BCUT2D eigenvalue weighted by atomic mass is 16.6. The van der Waals surface area contributed by atoms with E-state index in [-0.39, 0.29) is 5.82 Å². The first-order valence-corrected chi connectivity index (χ1v) is 2.62. The van der Waals surface area contributed by atoms with E-state index in [9.17, 15) is 10.1 Å². The van der Waals surface area contributed by atoms with Crippen molar-refractivity contribution in [3.05, 3.63) is 28.3 Å². The van der Waals surface area contributed by atoms with Crippen LogP contribution in [0.4, 0.5) is 0 Å². The van der Waals surface area contributed by atoms with Crippen molar-refractivity contribution in [2.45, 2.75) is 0 Å². The molecule has 0 aliphatic heterocycles. The fourth-order valence-electron chi connectivity index (χ4n) is 0.558. The van der Waals surface area contributed by atoms with Crippen molar-refractivity contribution in [1.82, 2.24) is 9.97 Å². The number of H-pyrrole nitrogens is 1. The summed E-state index contributed by atoms with van der Waals surface area (Å²) < 4.78 is 0. The fourth-order valence-corrected chi connectivity index (χ4v) is 0.558. The van der Waals surface area contributed by atoms with Crippen molar-refractivity contribution in [3.63, 3.8) is 0 Å². The Kier molecular flexibility index (Phi) is 1.81. The summed E-state index contributed by atoms with van der Waals surface area (Å²) in [6.45, 7) is 0. The third-order valence-corrected chi connectivity index (χ3v) is 0.978. The molecular formula is C4H4N4O3. The molecule has 1 aromatic rings. The summed E-state index contributed by atoms with van der Waals surface area (Å²) in [6.07, 6.45) is 2.72. The average Bonchev–Trinajstić information content (AvgIpc) is 2.40. The molecule has 7 nitrogen and oxygen atoms in total. The normalized spacial score (nSPS) is 11.5. The third kappa shape index (κ3) is 1.31. The van der Waals surface area contributed by atoms with Crippen LogP contribution in [0.15, 0.2) is 17.5 Å². The maximum absolute atomic E-state index is 10.1. The molecule has 0 atom stereocenters. The Morgan fingerprint density at radius 3 is 3.00 bits per heavy atom. The first-order valence-electron chi connectivity index (χ1n) is 2.62. The number of rotatable bonds is 1. The molecule has 0 radical (unpaired) electrons. The van der Waals surface area contributed by atoms with Gasteiger partial charge in [0.05, 0.1) is 0 Å². The Morgan fingerprint density at radius 2 is 2.64 bits per heavy atom. The van der Waals surface area contributed by atoms with Gasteiger partial charge >= 0.3 is 5.84 Å². The largest absolute Gasteiger partial charge is 0.452 e. The average molecular weight is 156 g/mol. The van der Waals surface area contributed by atoms with E-state index >= 15 is 0 Å². The lowest BCUT2D eigenvalue weighted by molar-refractivity contribution is -0.351. The predicted molar refractivity (Wildman–Crippen MR) is 33.9 cm³/mol. The highest BCUT2D eigenvalue weighted by Crippen LogP contribution is 1.92. The molecule has 1 aromatic heterocycles. The number of aromatic nitrogens is 2. The maximum atomic E-state index is 10.1. The van der Waals surface area contributed by atoms with Gasteiger partial charge in [-0.1, -0.05) is 0 Å². The van der Waals surface area contributed by atoms with Gasteiger partial charge in [-0.05, 0) is 4.92 Å².